The molecule has 1 amide bonds. The summed E-state index contributed by atoms with van der Waals surface area (Å²) in [6.45, 7) is 3.65. The Morgan fingerprint density at radius 2 is 1.88 bits per heavy atom. The molecule has 0 radical (unpaired) electrons. The molecule has 0 bridgehead atoms. The van der Waals surface area contributed by atoms with Gasteiger partial charge in [-0.15, -0.1) is 0 Å². The standard InChI is InChI=1S/C22H23N7O2S/c1-14-9-15(11-25-18(14)10-23)28-19(30)22(5-2-6-22)29(21(28)32)16-12-26-20(27-13-16)31-17-3-7-24-8-4-17/h9,11-13,17,24H,2-8H2,1H3. The van der Waals surface area contributed by atoms with Gasteiger partial charge in [0.25, 0.3) is 5.91 Å². The van der Waals surface area contributed by atoms with Gasteiger partial charge in [-0.05, 0) is 76.0 Å². The van der Waals surface area contributed by atoms with Crippen LogP contribution in [-0.4, -0.2) is 50.7 Å². The molecular weight excluding hydrogens is 426 g/mol. The molecule has 3 fully saturated rings. The summed E-state index contributed by atoms with van der Waals surface area (Å²) in [5.41, 5.74) is 1.54. The Bertz CT molecular complexity index is 1100. The second kappa shape index (κ2) is 8.07. The number of rotatable bonds is 4. The molecule has 5 rings (SSSR count). The molecule has 1 saturated carbocycles. The van der Waals surface area contributed by atoms with Crippen LogP contribution in [0.1, 0.15) is 43.4 Å². The van der Waals surface area contributed by atoms with Gasteiger partial charge in [-0.3, -0.25) is 14.6 Å². The first-order valence-electron chi connectivity index (χ1n) is 10.8. The molecule has 164 valence electrons. The molecule has 1 spiro atoms. The van der Waals surface area contributed by atoms with Crippen molar-refractivity contribution in [1.29, 1.82) is 5.26 Å². The van der Waals surface area contributed by atoms with Gasteiger partial charge in [0, 0.05) is 0 Å². The Hall–Kier alpha value is -3.16. The van der Waals surface area contributed by atoms with Crippen LogP contribution < -0.4 is 19.9 Å². The molecule has 2 aromatic rings. The third-order valence-corrected chi connectivity index (χ3v) is 6.82. The van der Waals surface area contributed by atoms with Crippen molar-refractivity contribution in [2.75, 3.05) is 22.9 Å². The Labute approximate surface area is 191 Å². The Kier molecular flexibility index (Phi) is 5.23. The van der Waals surface area contributed by atoms with Gasteiger partial charge < -0.3 is 10.1 Å². The number of pyridine rings is 1. The van der Waals surface area contributed by atoms with E-state index in [-0.39, 0.29) is 12.0 Å². The number of amides is 1. The van der Waals surface area contributed by atoms with Gasteiger partial charge in [-0.2, -0.15) is 5.26 Å². The van der Waals surface area contributed by atoms with E-state index in [1.165, 1.54) is 11.1 Å². The van der Waals surface area contributed by atoms with Gasteiger partial charge in [0.15, 0.2) is 5.11 Å². The van der Waals surface area contributed by atoms with Crippen LogP contribution in [0.2, 0.25) is 0 Å². The van der Waals surface area contributed by atoms with Gasteiger partial charge in [-0.1, -0.05) is 0 Å². The van der Waals surface area contributed by atoms with Crippen molar-refractivity contribution in [2.45, 2.75) is 50.7 Å². The highest BCUT2D eigenvalue weighted by Gasteiger charge is 2.59. The normalized spacial score (nSPS) is 20.4. The quantitative estimate of drug-likeness (QED) is 0.703. The highest BCUT2D eigenvalue weighted by molar-refractivity contribution is 7.81. The summed E-state index contributed by atoms with van der Waals surface area (Å²) in [6, 6.07) is 4.17. The van der Waals surface area contributed by atoms with Gasteiger partial charge >= 0.3 is 6.01 Å². The summed E-state index contributed by atoms with van der Waals surface area (Å²) in [7, 11) is 0. The van der Waals surface area contributed by atoms with Gasteiger partial charge in [0.05, 0.1) is 30.0 Å². The van der Waals surface area contributed by atoms with Crippen LogP contribution in [0, 0.1) is 18.3 Å². The minimum atomic E-state index is -0.723. The molecule has 2 aromatic heterocycles. The van der Waals surface area contributed by atoms with Crippen LogP contribution in [0.25, 0.3) is 0 Å². The number of carbonyl (C=O) groups is 1. The van der Waals surface area contributed by atoms with E-state index in [0.717, 1.165) is 32.4 Å². The first-order valence-corrected chi connectivity index (χ1v) is 11.2. The monoisotopic (exact) mass is 449 g/mol. The van der Waals surface area contributed by atoms with E-state index in [0.29, 0.717) is 46.6 Å². The summed E-state index contributed by atoms with van der Waals surface area (Å²) in [6.07, 6.45) is 9.19. The summed E-state index contributed by atoms with van der Waals surface area (Å²) in [5.74, 6) is -0.0744. The number of ether oxygens (including phenoxy) is 1. The maximum Gasteiger partial charge on any atom is 0.316 e. The predicted octanol–water partition coefficient (Wildman–Crippen LogP) is 2.24. The highest BCUT2D eigenvalue weighted by Crippen LogP contribution is 2.47. The van der Waals surface area contributed by atoms with E-state index in [9.17, 15) is 10.1 Å². The summed E-state index contributed by atoms with van der Waals surface area (Å²) in [5, 5.41) is 12.8. The number of nitrogens with one attached hydrogen (secondary N) is 1. The maximum atomic E-state index is 13.5. The molecule has 3 aliphatic rings. The fourth-order valence-electron chi connectivity index (χ4n) is 4.56. The first-order chi connectivity index (χ1) is 15.5. The van der Waals surface area contributed by atoms with Crippen molar-refractivity contribution < 1.29 is 9.53 Å². The lowest BCUT2D eigenvalue weighted by Gasteiger charge is -2.42. The fraction of sp³-hybridized carbons (Fsp3) is 0.455. The number of anilines is 2. The van der Waals surface area contributed by atoms with Gasteiger partial charge in [0.1, 0.15) is 23.4 Å². The SMILES string of the molecule is Cc1cc(N2C(=O)C3(CCC3)N(c3cnc(OC4CCNCC4)nc3)C2=S)cnc1C#N. The first kappa shape index (κ1) is 20.7. The van der Waals surface area contributed by atoms with Crippen LogP contribution in [-0.2, 0) is 4.79 Å². The molecule has 2 aliphatic heterocycles. The Morgan fingerprint density at radius 1 is 1.19 bits per heavy atom. The smallest absolute Gasteiger partial charge is 0.316 e. The van der Waals surface area contributed by atoms with Crippen LogP contribution in [0.15, 0.2) is 24.7 Å². The number of aryl methyl sites for hydroxylation is 1. The number of carbonyl (C=O) groups excluding carboxylic acids is 1. The lowest BCUT2D eigenvalue weighted by molar-refractivity contribution is -0.123. The Balaban J connectivity index is 1.43. The van der Waals surface area contributed by atoms with E-state index in [4.69, 9.17) is 17.0 Å². The molecule has 4 heterocycles. The van der Waals surface area contributed by atoms with Crippen LogP contribution in [0.3, 0.4) is 0 Å². The number of thiocarbonyl (C=S) groups is 1. The molecule has 0 atom stereocenters. The molecule has 10 heteroatoms. The van der Waals surface area contributed by atoms with Crippen molar-refractivity contribution in [3.05, 3.63) is 35.9 Å². The zero-order valence-electron chi connectivity index (χ0n) is 17.7. The minimum absolute atomic E-state index is 0.0744. The van der Waals surface area contributed by atoms with E-state index < -0.39 is 5.54 Å². The number of aromatic nitrogens is 3. The largest absolute Gasteiger partial charge is 0.460 e. The van der Waals surface area contributed by atoms with E-state index in [1.54, 1.807) is 25.4 Å². The van der Waals surface area contributed by atoms with Gasteiger partial charge in [-0.25, -0.2) is 15.0 Å². The van der Waals surface area contributed by atoms with E-state index in [2.05, 4.69) is 26.3 Å². The summed E-state index contributed by atoms with van der Waals surface area (Å²) < 4.78 is 5.91. The highest BCUT2D eigenvalue weighted by atomic mass is 32.1. The van der Waals surface area contributed by atoms with Crippen molar-refractivity contribution in [3.8, 4) is 12.1 Å². The van der Waals surface area contributed by atoms with Crippen LogP contribution in [0.5, 0.6) is 6.01 Å². The third kappa shape index (κ3) is 3.29. The minimum Gasteiger partial charge on any atom is -0.460 e. The number of nitrogens with zero attached hydrogens (tertiary/aromatic N) is 6. The lowest BCUT2D eigenvalue weighted by atomic mass is 9.75. The van der Waals surface area contributed by atoms with E-state index in [1.807, 2.05) is 4.90 Å². The van der Waals surface area contributed by atoms with Crippen molar-refractivity contribution >= 4 is 34.6 Å². The zero-order chi connectivity index (χ0) is 22.3. The average Bonchev–Trinajstić information content (AvgIpc) is 3.02. The van der Waals surface area contributed by atoms with Crippen molar-refractivity contribution in [2.24, 2.45) is 0 Å². The maximum absolute atomic E-state index is 13.5. The zero-order valence-corrected chi connectivity index (χ0v) is 18.6. The predicted molar refractivity (Wildman–Crippen MR) is 121 cm³/mol. The molecule has 1 aliphatic carbocycles. The molecule has 9 nitrogen and oxygen atoms in total. The lowest BCUT2D eigenvalue weighted by Crippen LogP contribution is -2.55. The number of nitriles is 1. The Morgan fingerprint density at radius 3 is 2.47 bits per heavy atom. The molecule has 0 unspecified atom stereocenters. The summed E-state index contributed by atoms with van der Waals surface area (Å²) in [4.78, 5) is 29.9. The second-order valence-electron chi connectivity index (χ2n) is 8.41. The average molecular weight is 450 g/mol. The molecular formula is C22H23N7O2S. The fourth-order valence-corrected chi connectivity index (χ4v) is 5.02. The molecule has 1 N–H and O–H groups in total. The van der Waals surface area contributed by atoms with Crippen molar-refractivity contribution in [1.82, 2.24) is 20.3 Å². The number of hydrogen-bond donors (Lipinski definition) is 1. The molecule has 2 saturated heterocycles. The molecule has 32 heavy (non-hydrogen) atoms. The van der Waals surface area contributed by atoms with Crippen LogP contribution in [0.4, 0.5) is 11.4 Å². The van der Waals surface area contributed by atoms with E-state index >= 15 is 0 Å². The number of hydrogen-bond acceptors (Lipinski definition) is 8. The number of piperidine rings is 1. The van der Waals surface area contributed by atoms with Crippen molar-refractivity contribution in [3.63, 3.8) is 0 Å². The topological polar surface area (TPSA) is 107 Å². The summed E-state index contributed by atoms with van der Waals surface area (Å²) >= 11 is 5.76. The second-order valence-corrected chi connectivity index (χ2v) is 8.77. The van der Waals surface area contributed by atoms with Gasteiger partial charge in [0.2, 0.25) is 0 Å². The molecule has 0 aromatic carbocycles. The third-order valence-electron chi connectivity index (χ3n) is 6.45. The van der Waals surface area contributed by atoms with Crippen LogP contribution >= 0.6 is 12.2 Å².